The van der Waals surface area contributed by atoms with Crippen LogP contribution in [0.1, 0.15) is 33.6 Å². The van der Waals surface area contributed by atoms with E-state index >= 15 is 0 Å². The van der Waals surface area contributed by atoms with E-state index in [4.69, 9.17) is 0 Å². The summed E-state index contributed by atoms with van der Waals surface area (Å²) in [7, 11) is -1.08. The first kappa shape index (κ1) is 19.4. The van der Waals surface area contributed by atoms with Crippen molar-refractivity contribution < 1.29 is 13.2 Å². The van der Waals surface area contributed by atoms with E-state index in [-0.39, 0.29) is 23.5 Å². The normalized spacial score (nSPS) is 18.3. The molecule has 0 saturated carbocycles. The summed E-state index contributed by atoms with van der Waals surface area (Å²) >= 11 is 0. The molecule has 7 heteroatoms. The molecule has 144 valence electrons. The molecule has 1 fully saturated rings. The van der Waals surface area contributed by atoms with Crippen LogP contribution in [0.15, 0.2) is 30.5 Å². The van der Waals surface area contributed by atoms with E-state index in [1.54, 1.807) is 12.3 Å². The SMILES string of the molecule is Cc1cc(C)c(NC(=O)c2ccc(N(C)C3CCS(=O)(=O)C3)cn2)c(C)c1. The third kappa shape index (κ3) is 4.30. The number of rotatable bonds is 4. The lowest BCUT2D eigenvalue weighted by Gasteiger charge is -2.25. The number of nitrogens with zero attached hydrogens (tertiary/aromatic N) is 2. The van der Waals surface area contributed by atoms with Crippen LogP contribution in [0.3, 0.4) is 0 Å². The van der Waals surface area contributed by atoms with E-state index in [2.05, 4.69) is 10.3 Å². The molecule has 3 rings (SSSR count). The highest BCUT2D eigenvalue weighted by molar-refractivity contribution is 7.91. The molecular weight excluding hydrogens is 362 g/mol. The van der Waals surface area contributed by atoms with Gasteiger partial charge in [-0.05, 0) is 50.5 Å². The van der Waals surface area contributed by atoms with Crippen molar-refractivity contribution >= 4 is 27.1 Å². The maximum absolute atomic E-state index is 12.6. The summed E-state index contributed by atoms with van der Waals surface area (Å²) in [6, 6.07) is 7.49. The number of carbonyl (C=O) groups excluding carboxylic acids is 1. The van der Waals surface area contributed by atoms with Crippen molar-refractivity contribution in [3.63, 3.8) is 0 Å². The summed E-state index contributed by atoms with van der Waals surface area (Å²) in [6.45, 7) is 5.96. The lowest BCUT2D eigenvalue weighted by atomic mass is 10.0. The topological polar surface area (TPSA) is 79.4 Å². The molecular formula is C20H25N3O3S. The Morgan fingerprint density at radius 3 is 2.37 bits per heavy atom. The Morgan fingerprint density at radius 2 is 1.85 bits per heavy atom. The van der Waals surface area contributed by atoms with Gasteiger partial charge in [-0.1, -0.05) is 17.7 Å². The van der Waals surface area contributed by atoms with Crippen LogP contribution < -0.4 is 10.2 Å². The maximum atomic E-state index is 12.6. The van der Waals surface area contributed by atoms with Crippen LogP contribution in [0.5, 0.6) is 0 Å². The second-order valence-electron chi connectivity index (χ2n) is 7.30. The van der Waals surface area contributed by atoms with Crippen molar-refractivity contribution in [2.45, 2.75) is 33.2 Å². The summed E-state index contributed by atoms with van der Waals surface area (Å²) < 4.78 is 23.3. The summed E-state index contributed by atoms with van der Waals surface area (Å²) in [4.78, 5) is 18.8. The van der Waals surface area contributed by atoms with Gasteiger partial charge in [0.1, 0.15) is 5.69 Å². The highest BCUT2D eigenvalue weighted by Crippen LogP contribution is 2.24. The van der Waals surface area contributed by atoms with Crippen LogP contribution in [0, 0.1) is 20.8 Å². The molecule has 1 aliphatic rings. The summed E-state index contributed by atoms with van der Waals surface area (Å²) in [6.07, 6.45) is 2.24. The second kappa shape index (κ2) is 7.31. The van der Waals surface area contributed by atoms with Crippen molar-refractivity contribution in [3.8, 4) is 0 Å². The number of anilines is 2. The first-order chi connectivity index (χ1) is 12.7. The lowest BCUT2D eigenvalue weighted by molar-refractivity contribution is 0.102. The molecule has 27 heavy (non-hydrogen) atoms. The molecule has 1 amide bonds. The van der Waals surface area contributed by atoms with Crippen molar-refractivity contribution in [3.05, 3.63) is 52.8 Å². The van der Waals surface area contributed by atoms with Crippen LogP contribution in [0.4, 0.5) is 11.4 Å². The third-order valence-electron chi connectivity index (χ3n) is 5.06. The summed E-state index contributed by atoms with van der Waals surface area (Å²) in [5, 5.41) is 2.94. The number of sulfone groups is 1. The number of benzene rings is 1. The minimum atomic E-state index is -2.94. The number of aromatic nitrogens is 1. The monoisotopic (exact) mass is 387 g/mol. The molecule has 1 atom stereocenters. The molecule has 0 spiro atoms. The van der Waals surface area contributed by atoms with E-state index in [0.29, 0.717) is 12.1 Å². The van der Waals surface area contributed by atoms with E-state index in [1.807, 2.05) is 50.9 Å². The molecule has 1 aromatic heterocycles. The van der Waals surface area contributed by atoms with E-state index < -0.39 is 9.84 Å². The molecule has 2 aromatic rings. The van der Waals surface area contributed by atoms with Crippen LogP contribution in [0.25, 0.3) is 0 Å². The number of hydrogen-bond donors (Lipinski definition) is 1. The predicted octanol–water partition coefficient (Wildman–Crippen LogP) is 2.88. The van der Waals surface area contributed by atoms with Crippen LogP contribution in [-0.4, -0.2) is 43.9 Å². The molecule has 2 heterocycles. The number of aryl methyl sites for hydroxylation is 3. The smallest absolute Gasteiger partial charge is 0.274 e. The average molecular weight is 388 g/mol. The summed E-state index contributed by atoms with van der Waals surface area (Å²) in [5.41, 5.74) is 5.12. The van der Waals surface area contributed by atoms with Crippen molar-refractivity contribution in [2.75, 3.05) is 28.8 Å². The molecule has 6 nitrogen and oxygen atoms in total. The predicted molar refractivity (Wildman–Crippen MR) is 108 cm³/mol. The zero-order valence-electron chi connectivity index (χ0n) is 16.1. The fraction of sp³-hybridized carbons (Fsp3) is 0.400. The fourth-order valence-corrected chi connectivity index (χ4v) is 5.35. The van der Waals surface area contributed by atoms with Gasteiger partial charge in [0.05, 0.1) is 23.4 Å². The second-order valence-corrected chi connectivity index (χ2v) is 9.53. The Morgan fingerprint density at radius 1 is 1.19 bits per heavy atom. The number of carbonyl (C=O) groups is 1. The standard InChI is InChI=1S/C20H25N3O3S/c1-13-9-14(2)19(15(3)10-13)22-20(24)18-6-5-16(11-21-18)23(4)17-7-8-27(25,26)12-17/h5-6,9-11,17H,7-8,12H2,1-4H3,(H,22,24). The van der Waals surface area contributed by atoms with Gasteiger partial charge >= 0.3 is 0 Å². The number of nitrogens with one attached hydrogen (secondary N) is 1. The Kier molecular flexibility index (Phi) is 5.24. The molecule has 0 aliphatic carbocycles. The molecule has 1 saturated heterocycles. The van der Waals surface area contributed by atoms with Gasteiger partial charge in [0.2, 0.25) is 0 Å². The average Bonchev–Trinajstić information content (AvgIpc) is 2.97. The fourth-order valence-electron chi connectivity index (χ4n) is 3.58. The molecule has 1 aromatic carbocycles. The van der Waals surface area contributed by atoms with Crippen molar-refractivity contribution in [2.24, 2.45) is 0 Å². The first-order valence-corrected chi connectivity index (χ1v) is 10.8. The van der Waals surface area contributed by atoms with Gasteiger partial charge in [0.25, 0.3) is 5.91 Å². The Labute approximate surface area is 160 Å². The zero-order valence-corrected chi connectivity index (χ0v) is 16.9. The van der Waals surface area contributed by atoms with E-state index in [9.17, 15) is 13.2 Å². The van der Waals surface area contributed by atoms with Gasteiger partial charge in [-0.3, -0.25) is 4.79 Å². The van der Waals surface area contributed by atoms with E-state index in [0.717, 1.165) is 28.1 Å². The van der Waals surface area contributed by atoms with Gasteiger partial charge in [-0.2, -0.15) is 0 Å². The van der Waals surface area contributed by atoms with Crippen molar-refractivity contribution in [1.29, 1.82) is 0 Å². The molecule has 1 N–H and O–H groups in total. The maximum Gasteiger partial charge on any atom is 0.274 e. The molecule has 1 aliphatic heterocycles. The summed E-state index contributed by atoms with van der Waals surface area (Å²) in [5.74, 6) is 0.130. The largest absolute Gasteiger partial charge is 0.369 e. The minimum Gasteiger partial charge on any atom is -0.369 e. The molecule has 1 unspecified atom stereocenters. The van der Waals surface area contributed by atoms with Gasteiger partial charge in [0.15, 0.2) is 9.84 Å². The van der Waals surface area contributed by atoms with Gasteiger partial charge in [-0.15, -0.1) is 0 Å². The highest BCUT2D eigenvalue weighted by Gasteiger charge is 2.31. The highest BCUT2D eigenvalue weighted by atomic mass is 32.2. The lowest BCUT2D eigenvalue weighted by Crippen LogP contribution is -2.32. The Hall–Kier alpha value is -2.41. The first-order valence-electron chi connectivity index (χ1n) is 8.95. The minimum absolute atomic E-state index is 0.0469. The van der Waals surface area contributed by atoms with Crippen LogP contribution in [-0.2, 0) is 9.84 Å². The zero-order chi connectivity index (χ0) is 19.8. The van der Waals surface area contributed by atoms with Gasteiger partial charge < -0.3 is 10.2 Å². The van der Waals surface area contributed by atoms with Crippen LogP contribution >= 0.6 is 0 Å². The molecule has 0 radical (unpaired) electrons. The Balaban J connectivity index is 1.73. The number of amides is 1. The van der Waals surface area contributed by atoms with Gasteiger partial charge in [0, 0.05) is 18.8 Å². The van der Waals surface area contributed by atoms with Gasteiger partial charge in [-0.25, -0.2) is 13.4 Å². The third-order valence-corrected chi connectivity index (χ3v) is 6.81. The molecule has 0 bridgehead atoms. The van der Waals surface area contributed by atoms with E-state index in [1.165, 1.54) is 0 Å². The van der Waals surface area contributed by atoms with Crippen LogP contribution in [0.2, 0.25) is 0 Å². The number of pyridine rings is 1. The van der Waals surface area contributed by atoms with Crippen molar-refractivity contribution in [1.82, 2.24) is 4.98 Å². The Bertz CT molecular complexity index is 945. The quantitative estimate of drug-likeness (QED) is 0.873. The number of hydrogen-bond acceptors (Lipinski definition) is 5.